The van der Waals surface area contributed by atoms with E-state index in [1.54, 1.807) is 12.1 Å². The summed E-state index contributed by atoms with van der Waals surface area (Å²) in [6, 6.07) is 18.4. The van der Waals surface area contributed by atoms with Gasteiger partial charge in [0.05, 0.1) is 39.1 Å². The van der Waals surface area contributed by atoms with Crippen LogP contribution < -0.4 is 10.6 Å². The summed E-state index contributed by atoms with van der Waals surface area (Å²) in [6.45, 7) is 6.80. The molecule has 46 heavy (non-hydrogen) atoms. The minimum absolute atomic E-state index is 0.0364. The van der Waals surface area contributed by atoms with Crippen molar-refractivity contribution in [2.75, 3.05) is 44.9 Å². The molecule has 0 unspecified atom stereocenters. The molecule has 0 saturated heterocycles. The summed E-state index contributed by atoms with van der Waals surface area (Å²) in [5.41, 5.74) is 5.40. The molecule has 12 heteroatoms. The Hall–Kier alpha value is -4.27. The monoisotopic (exact) mass is 659 g/mol. The number of hydrogen-bond acceptors (Lipinski definition) is 8. The number of rotatable bonds is 12. The first kappa shape index (κ1) is 33.1. The van der Waals surface area contributed by atoms with E-state index in [0.717, 1.165) is 30.9 Å². The minimum atomic E-state index is -0.536. The Labute approximate surface area is 278 Å². The lowest BCUT2D eigenvalue weighted by Crippen LogP contribution is -2.28. The van der Waals surface area contributed by atoms with E-state index in [1.165, 1.54) is 23.9 Å². The van der Waals surface area contributed by atoms with E-state index in [4.69, 9.17) is 23.2 Å². The Morgan fingerprint density at radius 3 is 2.48 bits per heavy atom. The zero-order valence-electron chi connectivity index (χ0n) is 26.4. The lowest BCUT2D eigenvalue weighted by molar-refractivity contribution is 0.276. The van der Waals surface area contributed by atoms with Crippen molar-refractivity contribution in [3.05, 3.63) is 105 Å². The van der Waals surface area contributed by atoms with Crippen LogP contribution >= 0.6 is 23.2 Å². The number of fused-ring (bicyclic) bond motifs is 1. The topological polar surface area (TPSA) is 97.9 Å². The fourth-order valence-corrected chi connectivity index (χ4v) is 5.53. The number of nitrogens with zero attached hydrogens (tertiary/aromatic N) is 7. The third kappa shape index (κ3) is 7.74. The van der Waals surface area contributed by atoms with Crippen molar-refractivity contribution in [1.29, 1.82) is 5.26 Å². The van der Waals surface area contributed by atoms with Crippen LogP contribution in [0, 0.1) is 17.1 Å². The third-order valence-electron chi connectivity index (χ3n) is 7.56. The van der Waals surface area contributed by atoms with Gasteiger partial charge in [0.15, 0.2) is 0 Å². The van der Waals surface area contributed by atoms with Crippen molar-refractivity contribution in [3.8, 4) is 6.07 Å². The molecule has 2 N–H and O–H groups in total. The lowest BCUT2D eigenvalue weighted by atomic mass is 10.0. The van der Waals surface area contributed by atoms with Crippen LogP contribution in [-0.2, 0) is 6.54 Å². The first-order valence-electron chi connectivity index (χ1n) is 14.9. The van der Waals surface area contributed by atoms with Crippen LogP contribution in [0.1, 0.15) is 48.3 Å². The van der Waals surface area contributed by atoms with Gasteiger partial charge in [-0.25, -0.2) is 9.07 Å². The van der Waals surface area contributed by atoms with Gasteiger partial charge in [-0.05, 0) is 76.4 Å². The predicted octanol–water partition coefficient (Wildman–Crippen LogP) is 7.66. The average molecular weight is 661 g/mol. The molecule has 0 aliphatic carbocycles. The summed E-state index contributed by atoms with van der Waals surface area (Å²) in [5.74, 6) is -0.536. The molecule has 0 amide bonds. The number of halogens is 3. The summed E-state index contributed by atoms with van der Waals surface area (Å²) in [7, 11) is 6.26. The molecule has 5 aromatic rings. The molecule has 0 radical (unpaired) electrons. The van der Waals surface area contributed by atoms with Crippen molar-refractivity contribution >= 4 is 51.2 Å². The quantitative estimate of drug-likeness (QED) is 0.141. The molecule has 2 heterocycles. The molecule has 0 bridgehead atoms. The maximum atomic E-state index is 13.9. The van der Waals surface area contributed by atoms with Crippen molar-refractivity contribution in [1.82, 2.24) is 29.8 Å². The van der Waals surface area contributed by atoms with Crippen LogP contribution in [0.2, 0.25) is 10.0 Å². The van der Waals surface area contributed by atoms with E-state index in [2.05, 4.69) is 101 Å². The van der Waals surface area contributed by atoms with Gasteiger partial charge in [-0.3, -0.25) is 4.98 Å². The Morgan fingerprint density at radius 2 is 1.78 bits per heavy atom. The number of pyridine rings is 1. The molecule has 5 rings (SSSR count). The highest BCUT2D eigenvalue weighted by molar-refractivity contribution is 6.36. The molecular formula is C34H36Cl2FN9. The van der Waals surface area contributed by atoms with Gasteiger partial charge in [0.2, 0.25) is 0 Å². The summed E-state index contributed by atoms with van der Waals surface area (Å²) in [6.07, 6.45) is 3.41. The predicted molar refractivity (Wildman–Crippen MR) is 183 cm³/mol. The van der Waals surface area contributed by atoms with E-state index in [-0.39, 0.29) is 17.1 Å². The van der Waals surface area contributed by atoms with E-state index in [1.807, 2.05) is 16.9 Å². The number of hydrogen-bond donors (Lipinski definition) is 2. The highest BCUT2D eigenvalue weighted by atomic mass is 35.5. The summed E-state index contributed by atoms with van der Waals surface area (Å²) < 4.78 is 15.7. The molecule has 0 aliphatic heterocycles. The van der Waals surface area contributed by atoms with Gasteiger partial charge in [0.25, 0.3) is 0 Å². The first-order valence-corrected chi connectivity index (χ1v) is 15.6. The zero-order valence-corrected chi connectivity index (χ0v) is 27.9. The molecule has 0 spiro atoms. The highest BCUT2D eigenvalue weighted by Gasteiger charge is 2.21. The summed E-state index contributed by atoms with van der Waals surface area (Å²) in [4.78, 5) is 8.93. The number of likely N-dealkylation sites (N-methyl/N-ethyl adjacent to an activating group) is 2. The molecule has 238 valence electrons. The fourth-order valence-electron chi connectivity index (χ4n) is 5.08. The Balaban J connectivity index is 1.55. The Bertz CT molecular complexity index is 1880. The van der Waals surface area contributed by atoms with Gasteiger partial charge in [0.1, 0.15) is 17.6 Å². The fraction of sp³-hybridized carbons (Fsp3) is 0.294. The second-order valence-corrected chi connectivity index (χ2v) is 12.7. The van der Waals surface area contributed by atoms with Crippen LogP contribution in [0.15, 0.2) is 67.0 Å². The van der Waals surface area contributed by atoms with Gasteiger partial charge >= 0.3 is 0 Å². The van der Waals surface area contributed by atoms with Crippen LogP contribution in [0.3, 0.4) is 0 Å². The number of aromatic nitrogens is 4. The van der Waals surface area contributed by atoms with Crippen LogP contribution in [0.4, 0.5) is 21.5 Å². The summed E-state index contributed by atoms with van der Waals surface area (Å²) in [5, 5.41) is 26.7. The SMILES string of the molecule is CC(C)n1cc([C@@H](Nc2cc(Cl)c3ncc(C#N)c(Nc4ccc(F)c(Cl)c4)c3c2)c2cccc(CN(C)CCN(C)C)c2)nn1. The number of anilines is 3. The van der Waals surface area contributed by atoms with Crippen LogP contribution in [0.5, 0.6) is 0 Å². The molecular weight excluding hydrogens is 624 g/mol. The lowest BCUT2D eigenvalue weighted by Gasteiger charge is -2.22. The van der Waals surface area contributed by atoms with Gasteiger partial charge in [0, 0.05) is 48.6 Å². The maximum absolute atomic E-state index is 13.9. The van der Waals surface area contributed by atoms with Gasteiger partial charge in [-0.15, -0.1) is 5.10 Å². The molecule has 0 aliphatic rings. The van der Waals surface area contributed by atoms with Crippen molar-refractivity contribution in [2.45, 2.75) is 32.5 Å². The maximum Gasteiger partial charge on any atom is 0.141 e. The molecule has 0 fully saturated rings. The third-order valence-corrected chi connectivity index (χ3v) is 8.14. The van der Waals surface area contributed by atoms with Crippen LogP contribution in [0.25, 0.3) is 10.9 Å². The van der Waals surface area contributed by atoms with Gasteiger partial charge in [-0.2, -0.15) is 5.26 Å². The van der Waals surface area contributed by atoms with Crippen LogP contribution in [-0.4, -0.2) is 64.0 Å². The van der Waals surface area contributed by atoms with Crippen molar-refractivity contribution < 1.29 is 4.39 Å². The van der Waals surface area contributed by atoms with E-state index >= 15 is 0 Å². The largest absolute Gasteiger partial charge is 0.373 e. The van der Waals surface area contributed by atoms with E-state index in [9.17, 15) is 9.65 Å². The molecule has 3 aromatic carbocycles. The highest BCUT2D eigenvalue weighted by Crippen LogP contribution is 2.37. The standard InChI is InChI=1S/C34H36Cl2FN9/c1-21(2)46-20-31(42-43-46)33(23-8-6-7-22(13-23)19-45(5)12-11-44(3)4)41-26-14-27-32(40-25-9-10-30(37)28(35)15-25)24(17-38)18-39-34(27)29(36)16-26/h6-10,13-16,18,20-21,33,41H,11-12,19H2,1-5H3,(H,39,40)/t33-/m0/s1. The second kappa shape index (κ2) is 14.4. The number of benzene rings is 3. The number of nitriles is 1. The first-order chi connectivity index (χ1) is 22.0. The normalized spacial score (nSPS) is 12.2. The van der Waals surface area contributed by atoms with Crippen molar-refractivity contribution in [3.63, 3.8) is 0 Å². The number of nitrogens with one attached hydrogen (secondary N) is 2. The smallest absolute Gasteiger partial charge is 0.141 e. The zero-order chi connectivity index (χ0) is 33.0. The Kier molecular flexibility index (Phi) is 10.4. The molecule has 0 saturated carbocycles. The van der Waals surface area contributed by atoms with Gasteiger partial charge < -0.3 is 20.4 Å². The summed E-state index contributed by atoms with van der Waals surface area (Å²) >= 11 is 12.9. The minimum Gasteiger partial charge on any atom is -0.373 e. The second-order valence-electron chi connectivity index (χ2n) is 11.8. The van der Waals surface area contributed by atoms with E-state index in [0.29, 0.717) is 38.6 Å². The average Bonchev–Trinajstić information content (AvgIpc) is 3.52. The van der Waals surface area contributed by atoms with Gasteiger partial charge in [-0.1, -0.05) is 52.7 Å². The molecule has 9 nitrogen and oxygen atoms in total. The molecule has 2 aromatic heterocycles. The molecule has 1 atom stereocenters. The van der Waals surface area contributed by atoms with E-state index < -0.39 is 5.82 Å². The Morgan fingerprint density at radius 1 is 1.00 bits per heavy atom. The van der Waals surface area contributed by atoms with Crippen molar-refractivity contribution in [2.24, 2.45) is 0 Å².